The van der Waals surface area contributed by atoms with E-state index in [4.69, 9.17) is 4.74 Å². The average molecular weight is 476 g/mol. The summed E-state index contributed by atoms with van der Waals surface area (Å²) in [6.45, 7) is 3.87. The number of nitrogens with zero attached hydrogens (tertiary/aromatic N) is 5. The van der Waals surface area contributed by atoms with Crippen LogP contribution in [0.25, 0.3) is 33.1 Å². The molecule has 0 spiro atoms. The van der Waals surface area contributed by atoms with Crippen LogP contribution < -0.4 is 5.32 Å². The van der Waals surface area contributed by atoms with Crippen LogP contribution in [-0.4, -0.2) is 74.5 Å². The minimum atomic E-state index is 0.427. The number of fused-ring (bicyclic) bond motifs is 3. The first kappa shape index (κ1) is 21.8. The summed E-state index contributed by atoms with van der Waals surface area (Å²) in [5, 5.41) is 6.71. The van der Waals surface area contributed by atoms with Crippen LogP contribution in [0.1, 0.15) is 25.7 Å². The minimum Gasteiger partial charge on any atom is -0.379 e. The molecule has 1 saturated heterocycles. The number of nitrogens with one attached hydrogen (secondary N) is 2. The second-order valence-electron chi connectivity index (χ2n) is 9.09. The molecule has 6 rings (SSSR count). The highest BCUT2D eigenvalue weighted by Crippen LogP contribution is 2.34. The second kappa shape index (κ2) is 9.48. The van der Waals surface area contributed by atoms with Crippen molar-refractivity contribution in [1.82, 2.24) is 29.8 Å². The molecule has 1 aromatic carbocycles. The van der Waals surface area contributed by atoms with Crippen LogP contribution in [0.3, 0.4) is 0 Å². The maximum atomic E-state index is 5.53. The third kappa shape index (κ3) is 4.23. The molecular formula is C25H29N7OS. The third-order valence-corrected chi connectivity index (χ3v) is 7.71. The summed E-state index contributed by atoms with van der Waals surface area (Å²) < 4.78 is 5.53. The molecule has 1 aliphatic heterocycles. The molecule has 2 fully saturated rings. The molecule has 8 nitrogen and oxygen atoms in total. The molecule has 0 unspecified atom stereocenters. The Balaban J connectivity index is 1.26. The quantitative estimate of drug-likeness (QED) is 0.325. The number of aromatic nitrogens is 5. The van der Waals surface area contributed by atoms with E-state index in [1.807, 2.05) is 18.6 Å². The van der Waals surface area contributed by atoms with E-state index in [-0.39, 0.29) is 0 Å². The summed E-state index contributed by atoms with van der Waals surface area (Å²) >= 11 is 1.54. The lowest BCUT2D eigenvalue weighted by Crippen LogP contribution is -2.46. The Kier molecular flexibility index (Phi) is 6.07. The average Bonchev–Trinajstić information content (AvgIpc) is 3.28. The van der Waals surface area contributed by atoms with Gasteiger partial charge in [-0.25, -0.2) is 19.9 Å². The molecule has 4 heterocycles. The number of H-pyrrole nitrogens is 1. The van der Waals surface area contributed by atoms with Crippen molar-refractivity contribution in [3.63, 3.8) is 0 Å². The molecule has 0 amide bonds. The highest BCUT2D eigenvalue weighted by molar-refractivity contribution is 7.98. The monoisotopic (exact) mass is 475 g/mol. The fourth-order valence-corrected chi connectivity index (χ4v) is 5.62. The zero-order chi connectivity index (χ0) is 22.9. The Labute approximate surface area is 202 Å². The summed E-state index contributed by atoms with van der Waals surface area (Å²) in [4.78, 5) is 24.1. The largest absolute Gasteiger partial charge is 0.379 e. The molecule has 2 N–H and O–H groups in total. The standard InChI is InChI=1S/C25H29N7OS/c1-34-25-26-13-17(14-27-25)16-2-7-21-20(12-16)22-23(28-15-29-24(22)31-21)30-18-3-5-19(6-4-18)32-8-10-33-11-9-32/h2,7,12-15,18-19H,3-6,8-11H2,1H3,(H2,28,29,30,31)/t18-,19-. The number of benzene rings is 1. The van der Waals surface area contributed by atoms with Crippen LogP contribution >= 0.6 is 11.8 Å². The summed E-state index contributed by atoms with van der Waals surface area (Å²) in [5.74, 6) is 0.914. The zero-order valence-electron chi connectivity index (χ0n) is 19.3. The van der Waals surface area contributed by atoms with E-state index in [1.165, 1.54) is 12.8 Å². The van der Waals surface area contributed by atoms with Gasteiger partial charge in [0.25, 0.3) is 0 Å². The minimum absolute atomic E-state index is 0.427. The van der Waals surface area contributed by atoms with E-state index < -0.39 is 0 Å². The summed E-state index contributed by atoms with van der Waals surface area (Å²) in [6.07, 6.45) is 12.1. The van der Waals surface area contributed by atoms with Crippen molar-refractivity contribution in [1.29, 1.82) is 0 Å². The molecule has 0 bridgehead atoms. The van der Waals surface area contributed by atoms with Gasteiger partial charge in [-0.05, 0) is 49.6 Å². The molecule has 9 heteroatoms. The Morgan fingerprint density at radius 3 is 2.56 bits per heavy atom. The second-order valence-corrected chi connectivity index (χ2v) is 9.86. The van der Waals surface area contributed by atoms with Gasteiger partial charge in [-0.2, -0.15) is 0 Å². The summed E-state index contributed by atoms with van der Waals surface area (Å²) in [7, 11) is 0. The molecule has 0 atom stereocenters. The predicted octanol–water partition coefficient (Wildman–Crippen LogP) is 4.35. The fourth-order valence-electron chi connectivity index (χ4n) is 5.30. The Hall–Kier alpha value is -2.75. The molecule has 4 aromatic rings. The Morgan fingerprint density at radius 2 is 1.79 bits per heavy atom. The van der Waals surface area contributed by atoms with Crippen molar-refractivity contribution in [2.24, 2.45) is 0 Å². The molecular weight excluding hydrogens is 446 g/mol. The highest BCUT2D eigenvalue weighted by Gasteiger charge is 2.27. The van der Waals surface area contributed by atoms with Gasteiger partial charge in [0.2, 0.25) is 0 Å². The van der Waals surface area contributed by atoms with Gasteiger partial charge in [0.1, 0.15) is 17.8 Å². The van der Waals surface area contributed by atoms with Gasteiger partial charge in [0.05, 0.1) is 18.6 Å². The van der Waals surface area contributed by atoms with Gasteiger partial charge in [-0.15, -0.1) is 0 Å². The summed E-state index contributed by atoms with van der Waals surface area (Å²) in [6, 6.07) is 7.50. The fraction of sp³-hybridized carbons (Fsp3) is 0.440. The van der Waals surface area contributed by atoms with Gasteiger partial charge < -0.3 is 15.0 Å². The van der Waals surface area contributed by atoms with Gasteiger partial charge in [-0.1, -0.05) is 17.8 Å². The lowest BCUT2D eigenvalue weighted by molar-refractivity contribution is 0.00791. The van der Waals surface area contributed by atoms with Gasteiger partial charge in [-0.3, -0.25) is 4.90 Å². The molecule has 1 aliphatic carbocycles. The van der Waals surface area contributed by atoms with Crippen LogP contribution in [0.15, 0.2) is 42.1 Å². The lowest BCUT2D eigenvalue weighted by Gasteiger charge is -2.39. The van der Waals surface area contributed by atoms with Crippen LogP contribution in [0.4, 0.5) is 5.82 Å². The number of anilines is 1. The van der Waals surface area contributed by atoms with E-state index in [0.717, 1.165) is 83.2 Å². The highest BCUT2D eigenvalue weighted by atomic mass is 32.2. The number of aromatic amines is 1. The van der Waals surface area contributed by atoms with Crippen LogP contribution in [0.5, 0.6) is 0 Å². The lowest BCUT2D eigenvalue weighted by atomic mass is 9.90. The maximum absolute atomic E-state index is 5.53. The first-order valence-corrected chi connectivity index (χ1v) is 13.2. The number of hydrogen-bond donors (Lipinski definition) is 2. The molecule has 176 valence electrons. The van der Waals surface area contributed by atoms with Gasteiger partial charge in [0, 0.05) is 54.0 Å². The van der Waals surface area contributed by atoms with Crippen molar-refractivity contribution in [3.05, 3.63) is 36.9 Å². The van der Waals surface area contributed by atoms with Crippen molar-refractivity contribution < 1.29 is 4.74 Å². The normalized spacial score (nSPS) is 21.8. The van der Waals surface area contributed by atoms with E-state index >= 15 is 0 Å². The van der Waals surface area contributed by atoms with E-state index in [1.54, 1.807) is 18.1 Å². The molecule has 34 heavy (non-hydrogen) atoms. The third-order valence-electron chi connectivity index (χ3n) is 7.13. The number of hydrogen-bond acceptors (Lipinski definition) is 8. The van der Waals surface area contributed by atoms with E-state index in [9.17, 15) is 0 Å². The van der Waals surface area contributed by atoms with Crippen molar-refractivity contribution >= 4 is 39.5 Å². The first-order valence-electron chi connectivity index (χ1n) is 12.0. The Morgan fingerprint density at radius 1 is 1.00 bits per heavy atom. The predicted molar refractivity (Wildman–Crippen MR) is 136 cm³/mol. The number of morpholine rings is 1. The van der Waals surface area contributed by atoms with Crippen LogP contribution in [-0.2, 0) is 4.74 Å². The first-order chi connectivity index (χ1) is 16.8. The van der Waals surface area contributed by atoms with Crippen LogP contribution in [0.2, 0.25) is 0 Å². The van der Waals surface area contributed by atoms with Gasteiger partial charge >= 0.3 is 0 Å². The van der Waals surface area contributed by atoms with Crippen molar-refractivity contribution in [2.45, 2.75) is 42.9 Å². The molecule has 3 aromatic heterocycles. The topological polar surface area (TPSA) is 91.8 Å². The smallest absolute Gasteiger partial charge is 0.187 e. The zero-order valence-corrected chi connectivity index (χ0v) is 20.1. The Bertz CT molecular complexity index is 1280. The molecule has 1 saturated carbocycles. The van der Waals surface area contributed by atoms with Gasteiger partial charge in [0.15, 0.2) is 5.16 Å². The maximum Gasteiger partial charge on any atom is 0.187 e. The molecule has 2 aliphatic rings. The van der Waals surface area contributed by atoms with E-state index in [0.29, 0.717) is 12.1 Å². The van der Waals surface area contributed by atoms with Crippen LogP contribution in [0, 0.1) is 0 Å². The number of thioether (sulfide) groups is 1. The van der Waals surface area contributed by atoms with Crippen molar-refractivity contribution in [2.75, 3.05) is 37.9 Å². The molecule has 0 radical (unpaired) electrons. The summed E-state index contributed by atoms with van der Waals surface area (Å²) in [5.41, 5.74) is 4.00. The van der Waals surface area contributed by atoms with Crippen molar-refractivity contribution in [3.8, 4) is 11.1 Å². The SMILES string of the molecule is CSc1ncc(-c2ccc3[nH]c4ncnc(N[C@H]5CC[C@H](N6CCOCC6)CC5)c4c3c2)cn1. The van der Waals surface area contributed by atoms with E-state index in [2.05, 4.69) is 53.3 Å². The number of rotatable bonds is 5. The number of ether oxygens (including phenoxy) is 1.